The van der Waals surface area contributed by atoms with Crippen molar-refractivity contribution in [3.63, 3.8) is 0 Å². The Labute approximate surface area is 190 Å². The second-order valence-corrected chi connectivity index (χ2v) is 8.06. The van der Waals surface area contributed by atoms with Gasteiger partial charge in [-0.05, 0) is 60.0 Å². The van der Waals surface area contributed by atoms with Crippen molar-refractivity contribution < 1.29 is 4.74 Å². The monoisotopic (exact) mass is 428 g/mol. The van der Waals surface area contributed by atoms with Crippen LogP contribution in [0.25, 0.3) is 32.8 Å². The predicted molar refractivity (Wildman–Crippen MR) is 135 cm³/mol. The summed E-state index contributed by atoms with van der Waals surface area (Å²) in [7, 11) is 1.91. The first-order chi connectivity index (χ1) is 15.7. The maximum atomic E-state index is 5.85. The molecule has 0 saturated carbocycles. The van der Waals surface area contributed by atoms with Gasteiger partial charge >= 0.3 is 6.01 Å². The molecular formula is C27H32N4O. The Morgan fingerprint density at radius 1 is 0.844 bits per heavy atom. The van der Waals surface area contributed by atoms with Crippen LogP contribution in [-0.2, 0) is 0 Å². The van der Waals surface area contributed by atoms with Crippen LogP contribution >= 0.6 is 0 Å². The van der Waals surface area contributed by atoms with E-state index in [2.05, 4.69) is 84.7 Å². The number of ether oxygens (including phenoxy) is 1. The molecule has 0 fully saturated rings. The van der Waals surface area contributed by atoms with Gasteiger partial charge in [0.05, 0.1) is 5.52 Å². The number of likely N-dealkylation sites (N-methyl/N-ethyl adjacent to an activating group) is 1. The molecule has 5 heteroatoms. The number of benzene rings is 3. The zero-order chi connectivity index (χ0) is 22.3. The summed E-state index contributed by atoms with van der Waals surface area (Å²) < 4.78 is 5.85. The van der Waals surface area contributed by atoms with E-state index < -0.39 is 0 Å². The molecule has 1 heterocycles. The third-order valence-electron chi connectivity index (χ3n) is 5.61. The van der Waals surface area contributed by atoms with Crippen molar-refractivity contribution in [1.29, 1.82) is 0 Å². The van der Waals surface area contributed by atoms with Gasteiger partial charge in [0, 0.05) is 25.0 Å². The fraction of sp³-hybridized carbons (Fsp3) is 0.333. The molecule has 0 unspecified atom stereocenters. The molecule has 0 atom stereocenters. The maximum Gasteiger partial charge on any atom is 0.318 e. The second-order valence-electron chi connectivity index (χ2n) is 8.06. The van der Waals surface area contributed by atoms with Crippen LogP contribution in [0.4, 0.5) is 5.82 Å². The first kappa shape index (κ1) is 22.0. The van der Waals surface area contributed by atoms with E-state index in [1.807, 2.05) is 7.05 Å². The van der Waals surface area contributed by atoms with Gasteiger partial charge in [0.25, 0.3) is 0 Å². The van der Waals surface area contributed by atoms with Crippen molar-refractivity contribution in [2.75, 3.05) is 38.2 Å². The number of fused-ring (bicyclic) bond motifs is 2. The highest BCUT2D eigenvalue weighted by atomic mass is 16.5. The van der Waals surface area contributed by atoms with E-state index in [0.717, 1.165) is 49.2 Å². The molecule has 5 nitrogen and oxygen atoms in total. The third-order valence-corrected chi connectivity index (χ3v) is 5.61. The molecule has 166 valence electrons. The molecule has 0 aliphatic carbocycles. The Balaban J connectivity index is 1.81. The van der Waals surface area contributed by atoms with Crippen LogP contribution in [0.3, 0.4) is 0 Å². The summed E-state index contributed by atoms with van der Waals surface area (Å²) in [6.07, 6.45) is 2.12. The molecule has 0 aliphatic heterocycles. The number of rotatable bonds is 10. The van der Waals surface area contributed by atoms with Crippen LogP contribution < -0.4 is 15.0 Å². The van der Waals surface area contributed by atoms with Gasteiger partial charge in [-0.15, -0.1) is 0 Å². The average molecular weight is 429 g/mol. The fourth-order valence-corrected chi connectivity index (χ4v) is 4.05. The predicted octanol–water partition coefficient (Wildman–Crippen LogP) is 5.67. The SMILES string of the molecule is CCCN(CCC)c1nc(OCCNC)nc2ccc(-c3ccc4ccccc4c3)cc12. The van der Waals surface area contributed by atoms with E-state index in [1.54, 1.807) is 0 Å². The zero-order valence-corrected chi connectivity index (χ0v) is 19.3. The first-order valence-electron chi connectivity index (χ1n) is 11.6. The molecule has 0 aliphatic rings. The Bertz CT molecular complexity index is 1180. The van der Waals surface area contributed by atoms with Crippen LogP contribution in [0.15, 0.2) is 60.7 Å². The average Bonchev–Trinajstić information content (AvgIpc) is 2.83. The van der Waals surface area contributed by atoms with E-state index in [-0.39, 0.29) is 0 Å². The number of nitrogens with one attached hydrogen (secondary N) is 1. The van der Waals surface area contributed by atoms with Crippen molar-refractivity contribution in [3.05, 3.63) is 60.7 Å². The summed E-state index contributed by atoms with van der Waals surface area (Å²) in [4.78, 5) is 11.9. The zero-order valence-electron chi connectivity index (χ0n) is 19.3. The number of nitrogens with zero attached hydrogens (tertiary/aromatic N) is 3. The molecule has 0 radical (unpaired) electrons. The summed E-state index contributed by atoms with van der Waals surface area (Å²) in [5.41, 5.74) is 3.28. The highest BCUT2D eigenvalue weighted by molar-refractivity contribution is 5.95. The number of hydrogen-bond donors (Lipinski definition) is 1. The lowest BCUT2D eigenvalue weighted by Crippen LogP contribution is -2.26. The molecule has 1 N–H and O–H groups in total. The van der Waals surface area contributed by atoms with Crippen molar-refractivity contribution in [1.82, 2.24) is 15.3 Å². The largest absolute Gasteiger partial charge is 0.462 e. The lowest BCUT2D eigenvalue weighted by molar-refractivity contribution is 0.295. The van der Waals surface area contributed by atoms with Crippen molar-refractivity contribution >= 4 is 27.5 Å². The molecule has 1 aromatic heterocycles. The highest BCUT2D eigenvalue weighted by Gasteiger charge is 2.16. The standard InChI is InChI=1S/C27H32N4O/c1-4-15-31(16-5-2)26-24-19-23(22-11-10-20-8-6-7-9-21(20)18-22)12-13-25(24)29-27(30-26)32-17-14-28-3/h6-13,18-19,28H,4-5,14-17H2,1-3H3. The van der Waals surface area contributed by atoms with Gasteiger partial charge in [-0.25, -0.2) is 0 Å². The second kappa shape index (κ2) is 10.4. The lowest BCUT2D eigenvalue weighted by Gasteiger charge is -2.24. The number of aromatic nitrogens is 2. The van der Waals surface area contributed by atoms with Gasteiger partial charge in [0.15, 0.2) is 0 Å². The van der Waals surface area contributed by atoms with Crippen LogP contribution in [0.1, 0.15) is 26.7 Å². The molecule has 0 amide bonds. The number of anilines is 1. The van der Waals surface area contributed by atoms with Crippen molar-refractivity contribution in [2.45, 2.75) is 26.7 Å². The quantitative estimate of drug-likeness (QED) is 0.330. The Kier molecular flexibility index (Phi) is 7.17. The van der Waals surface area contributed by atoms with Crippen LogP contribution in [0.5, 0.6) is 6.01 Å². The van der Waals surface area contributed by atoms with Crippen molar-refractivity contribution in [2.24, 2.45) is 0 Å². The lowest BCUT2D eigenvalue weighted by atomic mass is 10.00. The minimum Gasteiger partial charge on any atom is -0.462 e. The summed E-state index contributed by atoms with van der Waals surface area (Å²) in [5.74, 6) is 0.959. The smallest absolute Gasteiger partial charge is 0.318 e. The Hall–Kier alpha value is -3.18. The molecule has 0 bridgehead atoms. The molecular weight excluding hydrogens is 396 g/mol. The number of hydrogen-bond acceptors (Lipinski definition) is 5. The minimum absolute atomic E-state index is 0.443. The Morgan fingerprint density at radius 2 is 1.56 bits per heavy atom. The molecule has 0 spiro atoms. The summed E-state index contributed by atoms with van der Waals surface area (Å²) in [6, 6.07) is 22.0. The van der Waals surface area contributed by atoms with Gasteiger partial charge in [-0.2, -0.15) is 9.97 Å². The van der Waals surface area contributed by atoms with E-state index in [4.69, 9.17) is 14.7 Å². The minimum atomic E-state index is 0.443. The molecule has 4 rings (SSSR count). The normalized spacial score (nSPS) is 11.2. The van der Waals surface area contributed by atoms with Crippen molar-refractivity contribution in [3.8, 4) is 17.1 Å². The first-order valence-corrected chi connectivity index (χ1v) is 11.6. The summed E-state index contributed by atoms with van der Waals surface area (Å²) in [6.45, 7) is 7.61. The van der Waals surface area contributed by atoms with E-state index in [0.29, 0.717) is 12.6 Å². The highest BCUT2D eigenvalue weighted by Crippen LogP contribution is 2.32. The van der Waals surface area contributed by atoms with E-state index in [9.17, 15) is 0 Å². The molecule has 3 aromatic carbocycles. The summed E-state index contributed by atoms with van der Waals surface area (Å²) >= 11 is 0. The van der Waals surface area contributed by atoms with E-state index >= 15 is 0 Å². The van der Waals surface area contributed by atoms with Gasteiger partial charge < -0.3 is 15.0 Å². The topological polar surface area (TPSA) is 50.3 Å². The maximum absolute atomic E-state index is 5.85. The van der Waals surface area contributed by atoms with Gasteiger partial charge in [-0.3, -0.25) is 0 Å². The molecule has 4 aromatic rings. The van der Waals surface area contributed by atoms with E-state index in [1.165, 1.54) is 21.9 Å². The summed E-state index contributed by atoms with van der Waals surface area (Å²) in [5, 5.41) is 6.66. The molecule has 32 heavy (non-hydrogen) atoms. The van der Waals surface area contributed by atoms with Gasteiger partial charge in [0.2, 0.25) is 0 Å². The van der Waals surface area contributed by atoms with Gasteiger partial charge in [-0.1, -0.05) is 56.3 Å². The van der Waals surface area contributed by atoms with Crippen LogP contribution in [0.2, 0.25) is 0 Å². The molecule has 0 saturated heterocycles. The van der Waals surface area contributed by atoms with Gasteiger partial charge in [0.1, 0.15) is 12.4 Å². The fourth-order valence-electron chi connectivity index (χ4n) is 4.05. The van der Waals surface area contributed by atoms with Crippen LogP contribution in [-0.4, -0.2) is 43.3 Å². The van der Waals surface area contributed by atoms with Crippen LogP contribution in [0, 0.1) is 0 Å². The third kappa shape index (κ3) is 4.83. The Morgan fingerprint density at radius 3 is 2.31 bits per heavy atom.